The molecule has 24 heavy (non-hydrogen) atoms. The van der Waals surface area contributed by atoms with Gasteiger partial charge in [-0.3, -0.25) is 14.8 Å². The van der Waals surface area contributed by atoms with Crippen molar-refractivity contribution in [2.75, 3.05) is 33.7 Å². The fraction of sp³-hybridized carbons (Fsp3) is 0.500. The summed E-state index contributed by atoms with van der Waals surface area (Å²) in [6.07, 6.45) is 9.75. The van der Waals surface area contributed by atoms with Crippen molar-refractivity contribution in [1.29, 1.82) is 0 Å². The van der Waals surface area contributed by atoms with Crippen molar-refractivity contribution in [3.05, 3.63) is 42.7 Å². The molecule has 1 amide bonds. The van der Waals surface area contributed by atoms with Crippen LogP contribution in [0.3, 0.4) is 0 Å². The smallest absolute Gasteiger partial charge is 0.252 e. The quantitative estimate of drug-likeness (QED) is 0.298. The number of aromatic nitrogens is 1. The zero-order valence-electron chi connectivity index (χ0n) is 14.8. The van der Waals surface area contributed by atoms with E-state index in [0.29, 0.717) is 18.7 Å². The van der Waals surface area contributed by atoms with Crippen molar-refractivity contribution in [1.82, 2.24) is 20.5 Å². The van der Waals surface area contributed by atoms with E-state index in [2.05, 4.69) is 32.1 Å². The normalized spacial score (nSPS) is 11.0. The van der Waals surface area contributed by atoms with Gasteiger partial charge in [-0.2, -0.15) is 0 Å². The first-order valence-electron chi connectivity index (χ1n) is 8.40. The van der Waals surface area contributed by atoms with Crippen LogP contribution in [0.2, 0.25) is 0 Å². The molecule has 1 rings (SSSR count). The van der Waals surface area contributed by atoms with Crippen molar-refractivity contribution in [2.45, 2.75) is 25.7 Å². The maximum absolute atomic E-state index is 11.9. The first kappa shape index (κ1) is 19.7. The highest BCUT2D eigenvalue weighted by molar-refractivity contribution is 5.93. The number of nitrogens with zero attached hydrogens (tertiary/aromatic N) is 3. The second-order valence-electron chi connectivity index (χ2n) is 5.53. The molecule has 0 unspecified atom stereocenters. The Kier molecular flexibility index (Phi) is 9.92. The molecule has 1 aromatic rings. The number of aliphatic imine (C=N–C) groups is 1. The zero-order valence-corrected chi connectivity index (χ0v) is 14.8. The first-order chi connectivity index (χ1) is 11.7. The predicted molar refractivity (Wildman–Crippen MR) is 99.2 cm³/mol. The topological polar surface area (TPSA) is 69.6 Å². The predicted octanol–water partition coefficient (Wildman–Crippen LogP) is 2.06. The van der Waals surface area contributed by atoms with Gasteiger partial charge in [0.25, 0.3) is 5.91 Å². The summed E-state index contributed by atoms with van der Waals surface area (Å²) in [7, 11) is 3.79. The lowest BCUT2D eigenvalue weighted by atomic mass is 10.2. The Balaban J connectivity index is 2.21. The molecule has 132 valence electrons. The van der Waals surface area contributed by atoms with Crippen molar-refractivity contribution in [2.24, 2.45) is 4.99 Å². The molecule has 2 N–H and O–H groups in total. The molecule has 0 radical (unpaired) electrons. The van der Waals surface area contributed by atoms with Gasteiger partial charge < -0.3 is 15.5 Å². The Bertz CT molecular complexity index is 515. The first-order valence-corrected chi connectivity index (χ1v) is 8.40. The summed E-state index contributed by atoms with van der Waals surface area (Å²) in [6, 6.07) is 3.49. The fourth-order valence-corrected chi connectivity index (χ4v) is 2.25. The molecule has 6 heteroatoms. The Labute approximate surface area is 145 Å². The fourth-order valence-electron chi connectivity index (χ4n) is 2.25. The van der Waals surface area contributed by atoms with Crippen LogP contribution in [0.1, 0.15) is 36.0 Å². The summed E-state index contributed by atoms with van der Waals surface area (Å²) >= 11 is 0. The molecular formula is C18H29N5O. The van der Waals surface area contributed by atoms with Gasteiger partial charge in [0, 0.05) is 46.1 Å². The highest BCUT2D eigenvalue weighted by Gasteiger charge is 2.06. The lowest BCUT2D eigenvalue weighted by molar-refractivity contribution is 0.0954. The summed E-state index contributed by atoms with van der Waals surface area (Å²) in [5, 5.41) is 6.12. The summed E-state index contributed by atoms with van der Waals surface area (Å²) in [5.74, 6) is 0.727. The highest BCUT2D eigenvalue weighted by atomic mass is 16.1. The molecular weight excluding hydrogens is 302 g/mol. The van der Waals surface area contributed by atoms with E-state index in [0.717, 1.165) is 25.3 Å². The maximum atomic E-state index is 11.9. The number of carbonyl (C=O) groups excluding carboxylic acids is 1. The molecule has 0 aliphatic heterocycles. The molecule has 0 saturated carbocycles. The molecule has 0 saturated heterocycles. The van der Waals surface area contributed by atoms with E-state index in [-0.39, 0.29) is 5.91 Å². The number of unbranched alkanes of at least 4 members (excludes halogenated alkanes) is 3. The van der Waals surface area contributed by atoms with E-state index in [9.17, 15) is 4.79 Å². The minimum atomic E-state index is -0.115. The third-order valence-corrected chi connectivity index (χ3v) is 3.59. The SMILES string of the molecule is C=CCCCCCN(C)C(=NC)NCCNC(=O)c1cccnc1. The minimum Gasteiger partial charge on any atom is -0.354 e. The summed E-state index contributed by atoms with van der Waals surface area (Å²) in [4.78, 5) is 22.2. The molecule has 0 bridgehead atoms. The van der Waals surface area contributed by atoms with Gasteiger partial charge in [0.1, 0.15) is 0 Å². The molecule has 0 aromatic carbocycles. The zero-order chi connectivity index (χ0) is 17.6. The van der Waals surface area contributed by atoms with Gasteiger partial charge in [0.05, 0.1) is 5.56 Å². The lowest BCUT2D eigenvalue weighted by Crippen LogP contribution is -2.42. The average Bonchev–Trinajstić information content (AvgIpc) is 2.62. The van der Waals surface area contributed by atoms with E-state index in [1.165, 1.54) is 12.8 Å². The number of nitrogens with one attached hydrogen (secondary N) is 2. The molecule has 0 aliphatic carbocycles. The maximum Gasteiger partial charge on any atom is 0.252 e. The van der Waals surface area contributed by atoms with Crippen LogP contribution in [0, 0.1) is 0 Å². The number of pyridine rings is 1. The second-order valence-corrected chi connectivity index (χ2v) is 5.53. The minimum absolute atomic E-state index is 0.115. The number of guanidine groups is 1. The molecule has 0 atom stereocenters. The van der Waals surface area contributed by atoms with Crippen molar-refractivity contribution in [3.63, 3.8) is 0 Å². The largest absolute Gasteiger partial charge is 0.354 e. The Morgan fingerprint density at radius 2 is 2.12 bits per heavy atom. The number of hydrogen-bond donors (Lipinski definition) is 2. The molecule has 6 nitrogen and oxygen atoms in total. The van der Waals surface area contributed by atoms with Crippen LogP contribution in [0.25, 0.3) is 0 Å². The summed E-state index contributed by atoms with van der Waals surface area (Å²) in [5.41, 5.74) is 0.568. The van der Waals surface area contributed by atoms with E-state index < -0.39 is 0 Å². The Morgan fingerprint density at radius 3 is 2.79 bits per heavy atom. The van der Waals surface area contributed by atoms with Gasteiger partial charge in [-0.1, -0.05) is 12.5 Å². The van der Waals surface area contributed by atoms with Crippen LogP contribution in [-0.2, 0) is 0 Å². The van der Waals surface area contributed by atoms with Gasteiger partial charge in [-0.25, -0.2) is 0 Å². The van der Waals surface area contributed by atoms with Crippen LogP contribution >= 0.6 is 0 Å². The Hall–Kier alpha value is -2.37. The van der Waals surface area contributed by atoms with Crippen molar-refractivity contribution in [3.8, 4) is 0 Å². The highest BCUT2D eigenvalue weighted by Crippen LogP contribution is 2.01. The molecule has 1 heterocycles. The van der Waals surface area contributed by atoms with E-state index in [4.69, 9.17) is 0 Å². The van der Waals surface area contributed by atoms with Crippen LogP contribution in [0.5, 0.6) is 0 Å². The third-order valence-electron chi connectivity index (χ3n) is 3.59. The van der Waals surface area contributed by atoms with E-state index >= 15 is 0 Å². The van der Waals surface area contributed by atoms with Crippen LogP contribution in [0.4, 0.5) is 0 Å². The summed E-state index contributed by atoms with van der Waals surface area (Å²) in [6.45, 7) is 5.84. The lowest BCUT2D eigenvalue weighted by Gasteiger charge is -2.22. The second kappa shape index (κ2) is 12.1. The number of carbonyl (C=O) groups is 1. The van der Waals surface area contributed by atoms with Crippen LogP contribution in [-0.4, -0.2) is 55.5 Å². The monoisotopic (exact) mass is 331 g/mol. The van der Waals surface area contributed by atoms with Gasteiger partial charge in [0.2, 0.25) is 0 Å². The van der Waals surface area contributed by atoms with Gasteiger partial charge in [-0.05, 0) is 31.4 Å². The van der Waals surface area contributed by atoms with Crippen LogP contribution in [0.15, 0.2) is 42.2 Å². The number of hydrogen-bond acceptors (Lipinski definition) is 3. The standard InChI is InChI=1S/C18H29N5O/c1-4-5-6-7-8-14-23(3)18(19-2)22-13-12-21-17(24)16-10-9-11-20-15-16/h4,9-11,15H,1,5-8,12-14H2,2-3H3,(H,19,22)(H,21,24). The average molecular weight is 331 g/mol. The van der Waals surface area contributed by atoms with E-state index in [1.54, 1.807) is 31.6 Å². The van der Waals surface area contributed by atoms with Gasteiger partial charge in [-0.15, -0.1) is 6.58 Å². The summed E-state index contributed by atoms with van der Waals surface area (Å²) < 4.78 is 0. The Morgan fingerprint density at radius 1 is 1.33 bits per heavy atom. The number of rotatable bonds is 10. The molecule has 0 fully saturated rings. The van der Waals surface area contributed by atoms with Crippen molar-refractivity contribution < 1.29 is 4.79 Å². The number of allylic oxidation sites excluding steroid dienone is 1. The third kappa shape index (κ3) is 7.76. The van der Waals surface area contributed by atoms with Crippen LogP contribution < -0.4 is 10.6 Å². The van der Waals surface area contributed by atoms with Gasteiger partial charge in [0.15, 0.2) is 5.96 Å². The molecule has 0 aliphatic rings. The number of amides is 1. The van der Waals surface area contributed by atoms with Crippen molar-refractivity contribution >= 4 is 11.9 Å². The molecule has 1 aromatic heterocycles. The van der Waals surface area contributed by atoms with Gasteiger partial charge >= 0.3 is 0 Å². The van der Waals surface area contributed by atoms with E-state index in [1.807, 2.05) is 13.1 Å². The molecule has 0 spiro atoms.